The van der Waals surface area contributed by atoms with Crippen LogP contribution in [0.5, 0.6) is 0 Å². The van der Waals surface area contributed by atoms with Crippen LogP contribution in [-0.2, 0) is 4.74 Å². The lowest BCUT2D eigenvalue weighted by molar-refractivity contribution is 0.152. The molecule has 1 aromatic heterocycles. The Morgan fingerprint density at radius 2 is 1.68 bits per heavy atom. The number of nitrogens with zero attached hydrogens (tertiary/aromatic N) is 4. The van der Waals surface area contributed by atoms with E-state index < -0.39 is 0 Å². The molecule has 0 spiro atoms. The minimum absolute atomic E-state index is 0.747. The molecule has 0 bridgehead atoms. The van der Waals surface area contributed by atoms with Crippen LogP contribution in [0.1, 0.15) is 6.42 Å². The number of para-hydroxylation sites is 1. The maximum atomic E-state index is 5.51. The van der Waals surface area contributed by atoms with Crippen LogP contribution in [0.2, 0.25) is 0 Å². The van der Waals surface area contributed by atoms with Crippen molar-refractivity contribution in [2.24, 2.45) is 0 Å². The number of piperazine rings is 1. The lowest BCUT2D eigenvalue weighted by Crippen LogP contribution is -2.43. The summed E-state index contributed by atoms with van der Waals surface area (Å²) in [6.45, 7) is 7.51. The molecule has 6 nitrogen and oxygen atoms in total. The molecule has 2 aliphatic rings. The molecular weight excluding hydrogens is 314 g/mol. The van der Waals surface area contributed by atoms with E-state index in [1.54, 1.807) is 0 Å². The summed E-state index contributed by atoms with van der Waals surface area (Å²) in [4.78, 5) is 13.9. The first kappa shape index (κ1) is 16.3. The molecule has 2 fully saturated rings. The highest BCUT2D eigenvalue weighted by Gasteiger charge is 2.16. The number of hydrogen-bond acceptors (Lipinski definition) is 6. The van der Waals surface area contributed by atoms with E-state index in [-0.39, 0.29) is 0 Å². The highest BCUT2D eigenvalue weighted by molar-refractivity contribution is 5.78. The first-order valence-electron chi connectivity index (χ1n) is 9.11. The second-order valence-corrected chi connectivity index (χ2v) is 6.48. The summed E-state index contributed by atoms with van der Waals surface area (Å²) in [5.74, 6) is 0.800. The molecule has 1 aromatic carbocycles. The van der Waals surface area contributed by atoms with Gasteiger partial charge in [-0.1, -0.05) is 18.2 Å². The standard InChI is InChI=1S/C19H25N5O/c1-2-5-18(23-9-6-20-7-10-23)17(4-1)16-14-21-19(22-15-16)24-8-3-12-25-13-11-24/h1-2,4-5,14-15,20H,3,6-13H2. The van der Waals surface area contributed by atoms with Crippen LogP contribution in [0, 0.1) is 0 Å². The number of anilines is 2. The van der Waals surface area contributed by atoms with E-state index in [4.69, 9.17) is 4.74 Å². The van der Waals surface area contributed by atoms with E-state index >= 15 is 0 Å². The number of rotatable bonds is 3. The molecule has 0 radical (unpaired) electrons. The molecule has 132 valence electrons. The number of aromatic nitrogens is 2. The number of hydrogen-bond donors (Lipinski definition) is 1. The van der Waals surface area contributed by atoms with Gasteiger partial charge in [0.15, 0.2) is 0 Å². The summed E-state index contributed by atoms with van der Waals surface area (Å²) in [6, 6.07) is 8.55. The van der Waals surface area contributed by atoms with Crippen molar-refractivity contribution in [3.63, 3.8) is 0 Å². The largest absolute Gasteiger partial charge is 0.380 e. The van der Waals surface area contributed by atoms with Crippen LogP contribution < -0.4 is 15.1 Å². The third-order valence-corrected chi connectivity index (χ3v) is 4.82. The molecular formula is C19H25N5O. The molecule has 1 N–H and O–H groups in total. The van der Waals surface area contributed by atoms with Crippen LogP contribution in [0.3, 0.4) is 0 Å². The van der Waals surface area contributed by atoms with Crippen molar-refractivity contribution in [3.8, 4) is 11.1 Å². The van der Waals surface area contributed by atoms with Gasteiger partial charge in [-0.3, -0.25) is 0 Å². The molecule has 2 saturated heterocycles. The maximum Gasteiger partial charge on any atom is 0.225 e. The Morgan fingerprint density at radius 3 is 2.52 bits per heavy atom. The summed E-state index contributed by atoms with van der Waals surface area (Å²) in [6.07, 6.45) is 4.93. The summed E-state index contributed by atoms with van der Waals surface area (Å²) >= 11 is 0. The van der Waals surface area contributed by atoms with E-state index in [2.05, 4.69) is 49.4 Å². The average Bonchev–Trinajstić information content (AvgIpc) is 2.98. The normalized spacial score (nSPS) is 18.9. The van der Waals surface area contributed by atoms with E-state index in [1.165, 1.54) is 11.3 Å². The zero-order chi connectivity index (χ0) is 16.9. The molecule has 0 amide bonds. The third kappa shape index (κ3) is 3.75. The van der Waals surface area contributed by atoms with Crippen LogP contribution in [-0.4, -0.2) is 62.5 Å². The van der Waals surface area contributed by atoms with Crippen molar-refractivity contribution in [1.82, 2.24) is 15.3 Å². The molecule has 0 atom stereocenters. The zero-order valence-electron chi connectivity index (χ0n) is 14.5. The molecule has 2 aliphatic heterocycles. The lowest BCUT2D eigenvalue weighted by Gasteiger charge is -2.31. The van der Waals surface area contributed by atoms with Crippen LogP contribution in [0.15, 0.2) is 36.7 Å². The quantitative estimate of drug-likeness (QED) is 0.920. The van der Waals surface area contributed by atoms with Gasteiger partial charge in [0.05, 0.1) is 6.61 Å². The summed E-state index contributed by atoms with van der Waals surface area (Å²) < 4.78 is 5.51. The van der Waals surface area contributed by atoms with Gasteiger partial charge in [-0.05, 0) is 12.5 Å². The molecule has 0 aliphatic carbocycles. The Balaban J connectivity index is 1.57. The fraction of sp³-hybridized carbons (Fsp3) is 0.474. The van der Waals surface area contributed by atoms with Crippen LogP contribution >= 0.6 is 0 Å². The van der Waals surface area contributed by atoms with Crippen molar-refractivity contribution >= 4 is 11.6 Å². The van der Waals surface area contributed by atoms with Crippen molar-refractivity contribution < 1.29 is 4.74 Å². The van der Waals surface area contributed by atoms with Gasteiger partial charge in [-0.15, -0.1) is 0 Å². The predicted octanol–water partition coefficient (Wildman–Crippen LogP) is 1.78. The Morgan fingerprint density at radius 1 is 0.880 bits per heavy atom. The summed E-state index contributed by atoms with van der Waals surface area (Å²) in [7, 11) is 0. The third-order valence-electron chi connectivity index (χ3n) is 4.82. The van der Waals surface area contributed by atoms with Crippen LogP contribution in [0.4, 0.5) is 11.6 Å². The molecule has 4 rings (SSSR count). The Labute approximate surface area is 148 Å². The Kier molecular flexibility index (Phi) is 5.09. The summed E-state index contributed by atoms with van der Waals surface area (Å²) in [5.41, 5.74) is 3.54. The number of ether oxygens (including phenoxy) is 1. The zero-order valence-corrected chi connectivity index (χ0v) is 14.5. The fourth-order valence-electron chi connectivity index (χ4n) is 3.47. The molecule has 6 heteroatoms. The smallest absolute Gasteiger partial charge is 0.225 e. The van der Waals surface area contributed by atoms with Gasteiger partial charge in [0.1, 0.15) is 0 Å². The monoisotopic (exact) mass is 339 g/mol. The van der Waals surface area contributed by atoms with Crippen LogP contribution in [0.25, 0.3) is 11.1 Å². The second-order valence-electron chi connectivity index (χ2n) is 6.48. The first-order chi connectivity index (χ1) is 12.4. The minimum Gasteiger partial charge on any atom is -0.380 e. The first-order valence-corrected chi connectivity index (χ1v) is 9.11. The SMILES string of the molecule is c1ccc(N2CCNCC2)c(-c2cnc(N3CCCOCC3)nc2)c1. The second kappa shape index (κ2) is 7.80. The van der Waals surface area contributed by atoms with E-state index in [9.17, 15) is 0 Å². The average molecular weight is 339 g/mol. The highest BCUT2D eigenvalue weighted by atomic mass is 16.5. The van der Waals surface area contributed by atoms with E-state index in [0.29, 0.717) is 0 Å². The fourth-order valence-corrected chi connectivity index (χ4v) is 3.47. The predicted molar refractivity (Wildman–Crippen MR) is 100 cm³/mol. The molecule has 0 saturated carbocycles. The van der Waals surface area contributed by atoms with Gasteiger partial charge < -0.3 is 19.9 Å². The van der Waals surface area contributed by atoms with E-state index in [0.717, 1.165) is 70.4 Å². The van der Waals surface area contributed by atoms with Crippen molar-refractivity contribution in [2.75, 3.05) is 62.3 Å². The Bertz CT molecular complexity index is 676. The number of nitrogens with one attached hydrogen (secondary N) is 1. The minimum atomic E-state index is 0.747. The highest BCUT2D eigenvalue weighted by Crippen LogP contribution is 2.30. The lowest BCUT2D eigenvalue weighted by atomic mass is 10.1. The van der Waals surface area contributed by atoms with Gasteiger partial charge in [0, 0.05) is 75.1 Å². The summed E-state index contributed by atoms with van der Waals surface area (Å²) in [5, 5.41) is 3.41. The maximum absolute atomic E-state index is 5.51. The van der Waals surface area contributed by atoms with E-state index in [1.807, 2.05) is 12.4 Å². The molecule has 3 heterocycles. The van der Waals surface area contributed by atoms with Gasteiger partial charge >= 0.3 is 0 Å². The van der Waals surface area contributed by atoms with Gasteiger partial charge in [0.25, 0.3) is 0 Å². The van der Waals surface area contributed by atoms with Gasteiger partial charge in [-0.2, -0.15) is 0 Å². The van der Waals surface area contributed by atoms with Gasteiger partial charge in [-0.25, -0.2) is 9.97 Å². The topological polar surface area (TPSA) is 53.5 Å². The molecule has 0 unspecified atom stereocenters. The van der Waals surface area contributed by atoms with Crippen molar-refractivity contribution in [1.29, 1.82) is 0 Å². The molecule has 25 heavy (non-hydrogen) atoms. The van der Waals surface area contributed by atoms with Crippen molar-refractivity contribution in [2.45, 2.75) is 6.42 Å². The van der Waals surface area contributed by atoms with Crippen molar-refractivity contribution in [3.05, 3.63) is 36.7 Å². The Hall–Kier alpha value is -2.18. The number of benzene rings is 1. The van der Waals surface area contributed by atoms with Gasteiger partial charge in [0.2, 0.25) is 5.95 Å². The molecule has 2 aromatic rings.